The van der Waals surface area contributed by atoms with Gasteiger partial charge in [0.25, 0.3) is 5.91 Å². The third kappa shape index (κ3) is 6.09. The van der Waals surface area contributed by atoms with Gasteiger partial charge in [0.05, 0.1) is 17.2 Å². The van der Waals surface area contributed by atoms with Crippen molar-refractivity contribution in [3.63, 3.8) is 0 Å². The van der Waals surface area contributed by atoms with Crippen LogP contribution in [0.3, 0.4) is 0 Å². The molecule has 2 rings (SSSR count). The lowest BCUT2D eigenvalue weighted by Crippen LogP contribution is -2.12. The number of ether oxygens (including phenoxy) is 2. The first-order valence-electron chi connectivity index (χ1n) is 8.50. The number of benzene rings is 2. The Morgan fingerprint density at radius 3 is 2.48 bits per heavy atom. The minimum atomic E-state index is -0.168. The van der Waals surface area contributed by atoms with Gasteiger partial charge in [-0.3, -0.25) is 4.79 Å². The van der Waals surface area contributed by atoms with E-state index in [1.54, 1.807) is 12.1 Å². The predicted octanol–water partition coefficient (Wildman–Crippen LogP) is 5.67. The van der Waals surface area contributed by atoms with Crippen molar-refractivity contribution >= 4 is 27.5 Å². The molecule has 0 bridgehead atoms. The van der Waals surface area contributed by atoms with Crippen LogP contribution in [0.5, 0.6) is 11.5 Å². The van der Waals surface area contributed by atoms with Crippen molar-refractivity contribution in [2.24, 2.45) is 0 Å². The number of unbranched alkanes of at least 4 members (excludes halogenated alkanes) is 1. The molecule has 2 aromatic rings. The molecule has 0 unspecified atom stereocenters. The Morgan fingerprint density at radius 1 is 1.16 bits per heavy atom. The van der Waals surface area contributed by atoms with Crippen LogP contribution in [0.1, 0.15) is 44.0 Å². The maximum Gasteiger partial charge on any atom is 0.255 e. The Kier molecular flexibility index (Phi) is 7.31. The van der Waals surface area contributed by atoms with E-state index in [-0.39, 0.29) is 12.0 Å². The minimum absolute atomic E-state index is 0.121. The fourth-order valence-electron chi connectivity index (χ4n) is 2.18. The van der Waals surface area contributed by atoms with E-state index in [2.05, 4.69) is 28.2 Å². The summed E-state index contributed by atoms with van der Waals surface area (Å²) in [5.74, 6) is 1.36. The van der Waals surface area contributed by atoms with Gasteiger partial charge in [0, 0.05) is 11.3 Å². The van der Waals surface area contributed by atoms with Crippen molar-refractivity contribution in [3.05, 3.63) is 52.5 Å². The number of rotatable bonds is 8. The summed E-state index contributed by atoms with van der Waals surface area (Å²) < 4.78 is 12.1. The maximum absolute atomic E-state index is 12.4. The third-order valence-electron chi connectivity index (χ3n) is 3.43. The number of carbonyl (C=O) groups is 1. The van der Waals surface area contributed by atoms with Gasteiger partial charge in [-0.05, 0) is 78.7 Å². The molecule has 1 amide bonds. The molecule has 0 aliphatic heterocycles. The van der Waals surface area contributed by atoms with Gasteiger partial charge in [0.1, 0.15) is 11.5 Å². The molecule has 0 saturated carbocycles. The summed E-state index contributed by atoms with van der Waals surface area (Å²) in [6.07, 6.45) is 2.21. The fraction of sp³-hybridized carbons (Fsp3) is 0.350. The molecule has 0 aliphatic rings. The first kappa shape index (κ1) is 19.3. The Hall–Kier alpha value is -2.01. The molecule has 1 N–H and O–H groups in total. The normalized spacial score (nSPS) is 10.6. The minimum Gasteiger partial charge on any atom is -0.492 e. The van der Waals surface area contributed by atoms with Crippen molar-refractivity contribution < 1.29 is 14.3 Å². The first-order valence-corrected chi connectivity index (χ1v) is 9.29. The molecule has 0 aliphatic carbocycles. The molecule has 0 saturated heterocycles. The van der Waals surface area contributed by atoms with Gasteiger partial charge >= 0.3 is 0 Å². The van der Waals surface area contributed by atoms with Gasteiger partial charge in [-0.15, -0.1) is 0 Å². The van der Waals surface area contributed by atoms with Crippen LogP contribution in [-0.4, -0.2) is 18.6 Å². The van der Waals surface area contributed by atoms with Crippen LogP contribution in [0.2, 0.25) is 0 Å². The van der Waals surface area contributed by atoms with Crippen LogP contribution in [0, 0.1) is 0 Å². The first-order chi connectivity index (χ1) is 12.0. The molecule has 2 aromatic carbocycles. The molecule has 134 valence electrons. The number of anilines is 1. The van der Waals surface area contributed by atoms with E-state index in [0.717, 1.165) is 34.5 Å². The second-order valence-corrected chi connectivity index (χ2v) is 6.85. The maximum atomic E-state index is 12.4. The van der Waals surface area contributed by atoms with Gasteiger partial charge in [-0.2, -0.15) is 0 Å². The van der Waals surface area contributed by atoms with Crippen molar-refractivity contribution in [2.75, 3.05) is 11.9 Å². The number of amides is 1. The predicted molar refractivity (Wildman–Crippen MR) is 105 cm³/mol. The average Bonchev–Trinajstić information content (AvgIpc) is 2.57. The van der Waals surface area contributed by atoms with Gasteiger partial charge in [0.2, 0.25) is 0 Å². The zero-order valence-electron chi connectivity index (χ0n) is 14.8. The van der Waals surface area contributed by atoms with Crippen LogP contribution >= 0.6 is 15.9 Å². The van der Waals surface area contributed by atoms with Gasteiger partial charge in [-0.25, -0.2) is 0 Å². The smallest absolute Gasteiger partial charge is 0.255 e. The standard InChI is InChI=1S/C20H24BrNO3/c1-4-5-12-24-19-11-6-15(13-18(19)21)20(23)22-16-7-9-17(10-8-16)25-14(2)3/h6-11,13-14H,4-5,12H2,1-3H3,(H,22,23). The van der Waals surface area contributed by atoms with Crippen molar-refractivity contribution in [3.8, 4) is 11.5 Å². The van der Waals surface area contributed by atoms with Crippen LogP contribution < -0.4 is 14.8 Å². The molecule has 0 fully saturated rings. The molecule has 0 atom stereocenters. The zero-order chi connectivity index (χ0) is 18.2. The Morgan fingerprint density at radius 2 is 1.88 bits per heavy atom. The summed E-state index contributed by atoms with van der Waals surface area (Å²) in [5, 5.41) is 2.88. The third-order valence-corrected chi connectivity index (χ3v) is 4.05. The van der Waals surface area contributed by atoms with E-state index in [1.807, 2.05) is 44.2 Å². The Balaban J connectivity index is 1.99. The Labute approximate surface area is 157 Å². The molecule has 25 heavy (non-hydrogen) atoms. The van der Waals surface area contributed by atoms with Gasteiger partial charge < -0.3 is 14.8 Å². The highest BCUT2D eigenvalue weighted by atomic mass is 79.9. The molecule has 0 radical (unpaired) electrons. The topological polar surface area (TPSA) is 47.6 Å². The van der Waals surface area contributed by atoms with E-state index in [0.29, 0.717) is 12.2 Å². The van der Waals surface area contributed by atoms with E-state index in [9.17, 15) is 4.79 Å². The lowest BCUT2D eigenvalue weighted by atomic mass is 10.2. The highest BCUT2D eigenvalue weighted by Gasteiger charge is 2.10. The lowest BCUT2D eigenvalue weighted by Gasteiger charge is -2.11. The van der Waals surface area contributed by atoms with E-state index in [1.165, 1.54) is 0 Å². The second kappa shape index (κ2) is 9.47. The van der Waals surface area contributed by atoms with Crippen molar-refractivity contribution in [1.82, 2.24) is 0 Å². The number of hydrogen-bond donors (Lipinski definition) is 1. The van der Waals surface area contributed by atoms with Crippen LogP contribution in [-0.2, 0) is 0 Å². The van der Waals surface area contributed by atoms with Crippen LogP contribution in [0.25, 0.3) is 0 Å². The Bertz CT molecular complexity index is 699. The highest BCUT2D eigenvalue weighted by molar-refractivity contribution is 9.10. The number of nitrogens with one attached hydrogen (secondary N) is 1. The summed E-state index contributed by atoms with van der Waals surface area (Å²) in [6, 6.07) is 12.7. The summed E-state index contributed by atoms with van der Waals surface area (Å²) in [7, 11) is 0. The number of carbonyl (C=O) groups excluding carboxylic acids is 1. The van der Waals surface area contributed by atoms with E-state index < -0.39 is 0 Å². The van der Waals surface area contributed by atoms with Crippen molar-refractivity contribution in [1.29, 1.82) is 0 Å². The van der Waals surface area contributed by atoms with E-state index >= 15 is 0 Å². The summed E-state index contributed by atoms with van der Waals surface area (Å²) in [5.41, 5.74) is 1.29. The van der Waals surface area contributed by atoms with Crippen molar-refractivity contribution in [2.45, 2.75) is 39.7 Å². The number of hydrogen-bond acceptors (Lipinski definition) is 3. The summed E-state index contributed by atoms with van der Waals surface area (Å²) in [4.78, 5) is 12.4. The quantitative estimate of drug-likeness (QED) is 0.575. The fourth-order valence-corrected chi connectivity index (χ4v) is 2.67. The monoisotopic (exact) mass is 405 g/mol. The highest BCUT2D eigenvalue weighted by Crippen LogP contribution is 2.27. The van der Waals surface area contributed by atoms with Gasteiger partial charge in [0.15, 0.2) is 0 Å². The molecule has 0 heterocycles. The summed E-state index contributed by atoms with van der Waals surface area (Å²) >= 11 is 3.46. The zero-order valence-corrected chi connectivity index (χ0v) is 16.4. The molecular weight excluding hydrogens is 382 g/mol. The molecule has 4 nitrogen and oxygen atoms in total. The number of halogens is 1. The SMILES string of the molecule is CCCCOc1ccc(C(=O)Nc2ccc(OC(C)C)cc2)cc1Br. The molecule has 0 aromatic heterocycles. The average molecular weight is 406 g/mol. The summed E-state index contributed by atoms with van der Waals surface area (Å²) in [6.45, 7) is 6.74. The molecular formula is C20H24BrNO3. The van der Waals surface area contributed by atoms with E-state index in [4.69, 9.17) is 9.47 Å². The lowest BCUT2D eigenvalue weighted by molar-refractivity contribution is 0.102. The van der Waals surface area contributed by atoms with Gasteiger partial charge in [-0.1, -0.05) is 13.3 Å². The second-order valence-electron chi connectivity index (χ2n) is 5.99. The molecule has 5 heteroatoms. The van der Waals surface area contributed by atoms with Crippen LogP contribution in [0.4, 0.5) is 5.69 Å². The van der Waals surface area contributed by atoms with Crippen LogP contribution in [0.15, 0.2) is 46.9 Å². The molecule has 0 spiro atoms. The largest absolute Gasteiger partial charge is 0.492 e.